The lowest BCUT2D eigenvalue weighted by Gasteiger charge is -2.28. The second-order valence-corrected chi connectivity index (χ2v) is 6.85. The van der Waals surface area contributed by atoms with E-state index in [2.05, 4.69) is 31.4 Å². The van der Waals surface area contributed by atoms with E-state index >= 15 is 0 Å². The number of anilines is 1. The Bertz CT molecular complexity index is 616. The van der Waals surface area contributed by atoms with Crippen LogP contribution in [-0.2, 0) is 4.79 Å². The van der Waals surface area contributed by atoms with Crippen LogP contribution in [0.15, 0.2) is 18.2 Å². The predicted molar refractivity (Wildman–Crippen MR) is 94.2 cm³/mol. The van der Waals surface area contributed by atoms with Crippen LogP contribution in [0.5, 0.6) is 5.75 Å². The zero-order valence-electron chi connectivity index (χ0n) is 15.1. The van der Waals surface area contributed by atoms with Gasteiger partial charge in [-0.1, -0.05) is 19.9 Å². The Morgan fingerprint density at radius 2 is 2.04 bits per heavy atom. The van der Waals surface area contributed by atoms with E-state index in [1.165, 1.54) is 0 Å². The van der Waals surface area contributed by atoms with E-state index in [1.54, 1.807) is 4.90 Å². The number of hydrogen-bond acceptors (Lipinski definition) is 3. The van der Waals surface area contributed by atoms with Crippen LogP contribution in [0.2, 0.25) is 0 Å². The molecule has 24 heavy (non-hydrogen) atoms. The average molecular weight is 333 g/mol. The fourth-order valence-electron chi connectivity index (χ4n) is 2.78. The van der Waals surface area contributed by atoms with Crippen molar-refractivity contribution in [3.05, 3.63) is 23.8 Å². The van der Waals surface area contributed by atoms with Crippen molar-refractivity contribution in [1.29, 1.82) is 0 Å². The van der Waals surface area contributed by atoms with Gasteiger partial charge < -0.3 is 20.3 Å². The molecule has 6 nitrogen and oxygen atoms in total. The number of ether oxygens (including phenoxy) is 1. The molecule has 2 N–H and O–H groups in total. The van der Waals surface area contributed by atoms with E-state index < -0.39 is 0 Å². The van der Waals surface area contributed by atoms with Gasteiger partial charge in [-0.15, -0.1) is 0 Å². The van der Waals surface area contributed by atoms with Crippen molar-refractivity contribution < 1.29 is 14.3 Å². The minimum absolute atomic E-state index is 0.0389. The van der Waals surface area contributed by atoms with Crippen molar-refractivity contribution in [1.82, 2.24) is 10.2 Å². The van der Waals surface area contributed by atoms with Crippen LogP contribution in [0.4, 0.5) is 10.5 Å². The van der Waals surface area contributed by atoms with Gasteiger partial charge in [-0.3, -0.25) is 4.79 Å². The fourth-order valence-corrected chi connectivity index (χ4v) is 2.78. The van der Waals surface area contributed by atoms with Gasteiger partial charge in [0.25, 0.3) is 5.91 Å². The second-order valence-electron chi connectivity index (χ2n) is 6.85. The summed E-state index contributed by atoms with van der Waals surface area (Å²) in [5.41, 5.74) is 1.56. The summed E-state index contributed by atoms with van der Waals surface area (Å²) in [5, 5.41) is 5.79. The van der Waals surface area contributed by atoms with Crippen molar-refractivity contribution in [3.63, 3.8) is 0 Å². The number of fused-ring (bicyclic) bond motifs is 1. The molecule has 1 aromatic carbocycles. The van der Waals surface area contributed by atoms with Crippen LogP contribution in [0, 0.1) is 5.92 Å². The first-order valence-electron chi connectivity index (χ1n) is 8.37. The first-order chi connectivity index (χ1) is 11.3. The molecule has 0 saturated heterocycles. The molecule has 6 heteroatoms. The van der Waals surface area contributed by atoms with E-state index in [0.717, 1.165) is 12.0 Å². The summed E-state index contributed by atoms with van der Waals surface area (Å²) in [4.78, 5) is 25.6. The van der Waals surface area contributed by atoms with E-state index in [-0.39, 0.29) is 30.6 Å². The van der Waals surface area contributed by atoms with Crippen LogP contribution in [0.25, 0.3) is 0 Å². The quantitative estimate of drug-likeness (QED) is 0.869. The molecule has 1 aliphatic rings. The van der Waals surface area contributed by atoms with Gasteiger partial charge in [0, 0.05) is 13.1 Å². The van der Waals surface area contributed by atoms with E-state index in [1.807, 2.05) is 32.2 Å². The minimum atomic E-state index is -0.171. The Morgan fingerprint density at radius 3 is 2.71 bits per heavy atom. The van der Waals surface area contributed by atoms with Gasteiger partial charge in [-0.05, 0) is 43.9 Å². The normalized spacial score (nSPS) is 15.8. The molecule has 1 heterocycles. The molecule has 1 aliphatic heterocycles. The van der Waals surface area contributed by atoms with Crippen molar-refractivity contribution in [2.75, 3.05) is 19.0 Å². The van der Waals surface area contributed by atoms with Crippen molar-refractivity contribution >= 4 is 17.6 Å². The molecule has 2 atom stereocenters. The van der Waals surface area contributed by atoms with Crippen LogP contribution in [0.1, 0.15) is 45.7 Å². The number of amides is 3. The van der Waals surface area contributed by atoms with Crippen LogP contribution < -0.4 is 15.4 Å². The molecule has 132 valence electrons. The highest BCUT2D eigenvalue weighted by atomic mass is 16.5. The monoisotopic (exact) mass is 333 g/mol. The van der Waals surface area contributed by atoms with Gasteiger partial charge in [0.1, 0.15) is 5.75 Å². The summed E-state index contributed by atoms with van der Waals surface area (Å²) in [6.45, 7) is 8.31. The predicted octanol–water partition coefficient (Wildman–Crippen LogP) is 3.15. The molecular formula is C18H27N3O3. The Morgan fingerprint density at radius 1 is 1.33 bits per heavy atom. The third kappa shape index (κ3) is 4.40. The lowest BCUT2D eigenvalue weighted by Crippen LogP contribution is -2.43. The first-order valence-corrected chi connectivity index (χ1v) is 8.37. The number of nitrogens with one attached hydrogen (secondary N) is 2. The Balaban J connectivity index is 2.01. The second kappa shape index (κ2) is 7.55. The molecule has 0 fully saturated rings. The van der Waals surface area contributed by atoms with Crippen molar-refractivity contribution in [2.24, 2.45) is 5.92 Å². The molecule has 0 saturated carbocycles. The van der Waals surface area contributed by atoms with Gasteiger partial charge in [-0.25, -0.2) is 4.79 Å². The van der Waals surface area contributed by atoms with E-state index in [0.29, 0.717) is 17.4 Å². The Hall–Kier alpha value is -2.24. The maximum absolute atomic E-state index is 12.4. The third-order valence-corrected chi connectivity index (χ3v) is 4.27. The van der Waals surface area contributed by atoms with Gasteiger partial charge in [0.05, 0.1) is 11.7 Å². The average Bonchev–Trinajstić information content (AvgIpc) is 2.52. The number of nitrogens with zero attached hydrogens (tertiary/aromatic N) is 1. The number of urea groups is 1. The fraction of sp³-hybridized carbons (Fsp3) is 0.556. The van der Waals surface area contributed by atoms with Crippen LogP contribution in [-0.4, -0.2) is 36.5 Å². The highest BCUT2D eigenvalue weighted by Gasteiger charge is 2.21. The summed E-state index contributed by atoms with van der Waals surface area (Å²) in [5.74, 6) is 1.02. The molecule has 0 unspecified atom stereocenters. The van der Waals surface area contributed by atoms with E-state index in [9.17, 15) is 9.59 Å². The Labute approximate surface area is 143 Å². The summed E-state index contributed by atoms with van der Waals surface area (Å²) in [6, 6.07) is 5.46. The molecule has 0 spiro atoms. The maximum atomic E-state index is 12.4. The molecule has 0 aromatic heterocycles. The molecule has 0 radical (unpaired) electrons. The Kier molecular flexibility index (Phi) is 5.70. The van der Waals surface area contributed by atoms with Crippen molar-refractivity contribution in [3.8, 4) is 5.75 Å². The largest absolute Gasteiger partial charge is 0.482 e. The molecule has 2 rings (SSSR count). The third-order valence-electron chi connectivity index (χ3n) is 4.27. The van der Waals surface area contributed by atoms with Gasteiger partial charge in [0.2, 0.25) is 0 Å². The number of carbonyl (C=O) groups is 2. The zero-order valence-corrected chi connectivity index (χ0v) is 15.1. The van der Waals surface area contributed by atoms with Gasteiger partial charge in [-0.2, -0.15) is 0 Å². The molecule has 3 amide bonds. The lowest BCUT2D eigenvalue weighted by atomic mass is 10.0. The smallest absolute Gasteiger partial charge is 0.317 e. The maximum Gasteiger partial charge on any atom is 0.317 e. The highest BCUT2D eigenvalue weighted by molar-refractivity contribution is 5.95. The molecule has 1 aromatic rings. The number of hydrogen-bond donors (Lipinski definition) is 2. The van der Waals surface area contributed by atoms with Crippen LogP contribution in [0.3, 0.4) is 0 Å². The summed E-state index contributed by atoms with van der Waals surface area (Å²) in [7, 11) is 1.82. The highest BCUT2D eigenvalue weighted by Crippen LogP contribution is 2.30. The first kappa shape index (κ1) is 18.1. The minimum Gasteiger partial charge on any atom is -0.482 e. The zero-order chi connectivity index (χ0) is 17.9. The number of benzene rings is 1. The summed E-state index contributed by atoms with van der Waals surface area (Å²) >= 11 is 0. The van der Waals surface area contributed by atoms with Gasteiger partial charge >= 0.3 is 6.03 Å². The standard InChI is InChI=1S/C18H27N3O3/c1-11(2)8-12(3)21(5)18(23)19-13(4)14-6-7-16-15(9-14)20-17(22)10-24-16/h6-7,9,11-13H,8,10H2,1-5H3,(H,19,23)(H,20,22)/t12-,13+/m0/s1. The molecule has 0 aliphatic carbocycles. The lowest BCUT2D eigenvalue weighted by molar-refractivity contribution is -0.118. The van der Waals surface area contributed by atoms with E-state index in [4.69, 9.17) is 4.74 Å². The summed E-state index contributed by atoms with van der Waals surface area (Å²) in [6.07, 6.45) is 0.959. The number of rotatable bonds is 5. The number of carbonyl (C=O) groups excluding carboxylic acids is 2. The summed E-state index contributed by atoms with van der Waals surface area (Å²) < 4.78 is 5.35. The van der Waals surface area contributed by atoms with Crippen molar-refractivity contribution in [2.45, 2.75) is 46.2 Å². The molecule has 0 bridgehead atoms. The molecular weight excluding hydrogens is 306 g/mol. The topological polar surface area (TPSA) is 70.7 Å². The van der Waals surface area contributed by atoms with Crippen LogP contribution >= 0.6 is 0 Å². The SMILES string of the molecule is CC(C)C[C@H](C)N(C)C(=O)N[C@H](C)c1ccc2c(c1)NC(=O)CO2. The van der Waals surface area contributed by atoms with Gasteiger partial charge in [0.15, 0.2) is 6.61 Å².